The van der Waals surface area contributed by atoms with E-state index in [9.17, 15) is 4.79 Å². The molecule has 0 radical (unpaired) electrons. The molecule has 6 nitrogen and oxygen atoms in total. The van der Waals surface area contributed by atoms with Gasteiger partial charge in [-0.15, -0.1) is 0 Å². The number of aryl methyl sites for hydroxylation is 1. The Bertz CT molecular complexity index is 361. The number of oxazole rings is 1. The minimum Gasteiger partial charge on any atom is -0.444 e. The van der Waals surface area contributed by atoms with E-state index in [-0.39, 0.29) is 24.5 Å². The molecule has 0 fully saturated rings. The summed E-state index contributed by atoms with van der Waals surface area (Å²) in [5, 5.41) is 2.78. The molecule has 96 valence electrons. The zero-order valence-electron chi connectivity index (χ0n) is 10.4. The molecule has 17 heavy (non-hydrogen) atoms. The summed E-state index contributed by atoms with van der Waals surface area (Å²) in [6.07, 6.45) is 1.60. The predicted octanol–water partition coefficient (Wildman–Crippen LogP) is 0.524. The molecule has 2 atom stereocenters. The van der Waals surface area contributed by atoms with E-state index >= 15 is 0 Å². The number of nitrogens with one attached hydrogen (secondary N) is 1. The Kier molecular flexibility index (Phi) is 5.11. The van der Waals surface area contributed by atoms with E-state index in [1.807, 2.05) is 6.92 Å². The molecule has 1 heterocycles. The zero-order valence-corrected chi connectivity index (χ0v) is 10.4. The van der Waals surface area contributed by atoms with Gasteiger partial charge in [0.1, 0.15) is 11.8 Å². The fraction of sp³-hybridized carbons (Fsp3) is 0.636. The largest absolute Gasteiger partial charge is 0.444 e. The predicted molar refractivity (Wildman–Crippen MR) is 62.3 cm³/mol. The van der Waals surface area contributed by atoms with Crippen molar-refractivity contribution in [3.05, 3.63) is 17.8 Å². The van der Waals surface area contributed by atoms with Crippen molar-refractivity contribution < 1.29 is 13.9 Å². The Morgan fingerprint density at radius 1 is 1.71 bits per heavy atom. The van der Waals surface area contributed by atoms with Gasteiger partial charge in [-0.2, -0.15) is 0 Å². The number of nitrogens with zero attached hydrogens (tertiary/aromatic N) is 1. The van der Waals surface area contributed by atoms with Gasteiger partial charge in [-0.05, 0) is 13.8 Å². The number of rotatable bonds is 6. The highest BCUT2D eigenvalue weighted by Gasteiger charge is 2.17. The summed E-state index contributed by atoms with van der Waals surface area (Å²) in [5.41, 5.74) is 5.44. The van der Waals surface area contributed by atoms with Crippen molar-refractivity contribution in [2.45, 2.75) is 32.4 Å². The van der Waals surface area contributed by atoms with Crippen molar-refractivity contribution in [3.8, 4) is 0 Å². The van der Waals surface area contributed by atoms with Gasteiger partial charge in [-0.25, -0.2) is 4.98 Å². The van der Waals surface area contributed by atoms with Gasteiger partial charge in [0, 0.05) is 13.7 Å². The van der Waals surface area contributed by atoms with Crippen molar-refractivity contribution in [2.24, 2.45) is 5.73 Å². The number of nitrogens with two attached hydrogens (primary N) is 1. The Morgan fingerprint density at radius 2 is 2.41 bits per heavy atom. The van der Waals surface area contributed by atoms with Crippen LogP contribution in [0.15, 0.2) is 10.6 Å². The van der Waals surface area contributed by atoms with Crippen molar-refractivity contribution in [1.29, 1.82) is 0 Å². The van der Waals surface area contributed by atoms with Gasteiger partial charge in [-0.3, -0.25) is 4.79 Å². The quantitative estimate of drug-likeness (QED) is 0.758. The standard InChI is InChI=1S/C11H19N3O3/c1-7-6-13-11(17-7)8(2)14-10(15)4-9(5-12)16-3/h6,8-9H,4-5,12H2,1-3H3,(H,14,15). The third-order valence-corrected chi connectivity index (χ3v) is 2.40. The number of hydrogen-bond acceptors (Lipinski definition) is 5. The molecule has 1 aromatic heterocycles. The summed E-state index contributed by atoms with van der Waals surface area (Å²) in [6.45, 7) is 3.93. The number of hydrogen-bond donors (Lipinski definition) is 2. The van der Waals surface area contributed by atoms with Crippen molar-refractivity contribution in [3.63, 3.8) is 0 Å². The second kappa shape index (κ2) is 6.36. The van der Waals surface area contributed by atoms with Crippen molar-refractivity contribution in [2.75, 3.05) is 13.7 Å². The lowest BCUT2D eigenvalue weighted by atomic mass is 10.2. The molecule has 1 aromatic rings. The van der Waals surface area contributed by atoms with E-state index < -0.39 is 0 Å². The van der Waals surface area contributed by atoms with E-state index in [4.69, 9.17) is 14.9 Å². The molecule has 2 unspecified atom stereocenters. The number of carbonyl (C=O) groups excluding carboxylic acids is 1. The van der Waals surface area contributed by atoms with Crippen LogP contribution in [-0.4, -0.2) is 30.6 Å². The van der Waals surface area contributed by atoms with Crippen molar-refractivity contribution in [1.82, 2.24) is 10.3 Å². The lowest BCUT2D eigenvalue weighted by Crippen LogP contribution is -2.33. The van der Waals surface area contributed by atoms with E-state index in [0.717, 1.165) is 5.76 Å². The van der Waals surface area contributed by atoms with E-state index in [1.54, 1.807) is 13.1 Å². The summed E-state index contributed by atoms with van der Waals surface area (Å²) in [4.78, 5) is 15.7. The highest BCUT2D eigenvalue weighted by atomic mass is 16.5. The molecule has 6 heteroatoms. The molecule has 0 saturated carbocycles. The molecule has 0 aliphatic heterocycles. The summed E-state index contributed by atoms with van der Waals surface area (Å²) in [6, 6.07) is -0.258. The average molecular weight is 241 g/mol. The molecule has 0 aliphatic carbocycles. The van der Waals surface area contributed by atoms with Gasteiger partial charge in [0.05, 0.1) is 18.7 Å². The topological polar surface area (TPSA) is 90.4 Å². The summed E-state index contributed by atoms with van der Waals surface area (Å²) >= 11 is 0. The maximum atomic E-state index is 11.6. The number of methoxy groups -OCH3 is 1. The first-order valence-corrected chi connectivity index (χ1v) is 5.51. The fourth-order valence-corrected chi connectivity index (χ4v) is 1.40. The number of amides is 1. The molecular weight excluding hydrogens is 222 g/mol. The summed E-state index contributed by atoms with van der Waals surface area (Å²) in [5.74, 6) is 1.08. The molecule has 3 N–H and O–H groups in total. The SMILES string of the molecule is COC(CN)CC(=O)NC(C)c1ncc(C)o1. The summed E-state index contributed by atoms with van der Waals surface area (Å²) in [7, 11) is 1.53. The van der Waals surface area contributed by atoms with Crippen LogP contribution in [-0.2, 0) is 9.53 Å². The van der Waals surface area contributed by atoms with Crippen LogP contribution in [0.1, 0.15) is 31.0 Å². The number of carbonyl (C=O) groups is 1. The van der Waals surface area contributed by atoms with Gasteiger partial charge in [0.15, 0.2) is 0 Å². The Morgan fingerprint density at radius 3 is 2.88 bits per heavy atom. The van der Waals surface area contributed by atoms with Crippen LogP contribution in [0.4, 0.5) is 0 Å². The molecular formula is C11H19N3O3. The minimum absolute atomic E-state index is 0.134. The first-order chi connectivity index (χ1) is 8.06. The van der Waals surface area contributed by atoms with E-state index in [1.165, 1.54) is 7.11 Å². The Hall–Kier alpha value is -1.40. The first-order valence-electron chi connectivity index (χ1n) is 5.51. The van der Waals surface area contributed by atoms with Gasteiger partial charge < -0.3 is 20.2 Å². The number of ether oxygens (including phenoxy) is 1. The fourth-order valence-electron chi connectivity index (χ4n) is 1.40. The van der Waals surface area contributed by atoms with E-state index in [0.29, 0.717) is 12.4 Å². The van der Waals surface area contributed by atoms with Crippen LogP contribution in [0.3, 0.4) is 0 Å². The van der Waals surface area contributed by atoms with Crippen LogP contribution >= 0.6 is 0 Å². The van der Waals surface area contributed by atoms with Crippen LogP contribution in [0.25, 0.3) is 0 Å². The van der Waals surface area contributed by atoms with Gasteiger partial charge >= 0.3 is 0 Å². The second-order valence-electron chi connectivity index (χ2n) is 3.90. The van der Waals surface area contributed by atoms with Gasteiger partial charge in [0.25, 0.3) is 0 Å². The van der Waals surface area contributed by atoms with Gasteiger partial charge in [0.2, 0.25) is 11.8 Å². The molecule has 0 aliphatic rings. The van der Waals surface area contributed by atoms with Crippen LogP contribution in [0.5, 0.6) is 0 Å². The highest BCUT2D eigenvalue weighted by Crippen LogP contribution is 2.12. The summed E-state index contributed by atoms with van der Waals surface area (Å²) < 4.78 is 10.4. The maximum Gasteiger partial charge on any atom is 0.223 e. The lowest BCUT2D eigenvalue weighted by Gasteiger charge is -2.14. The third kappa shape index (κ3) is 4.16. The maximum absolute atomic E-state index is 11.6. The highest BCUT2D eigenvalue weighted by molar-refractivity contribution is 5.76. The molecule has 1 rings (SSSR count). The van der Waals surface area contributed by atoms with Crippen molar-refractivity contribution >= 4 is 5.91 Å². The lowest BCUT2D eigenvalue weighted by molar-refractivity contribution is -0.124. The first kappa shape index (κ1) is 13.7. The van der Waals surface area contributed by atoms with Gasteiger partial charge in [-0.1, -0.05) is 0 Å². The Balaban J connectivity index is 2.45. The minimum atomic E-state index is -0.258. The normalized spacial score (nSPS) is 14.4. The Labute approximate surface area is 101 Å². The van der Waals surface area contributed by atoms with E-state index in [2.05, 4.69) is 10.3 Å². The average Bonchev–Trinajstić information content (AvgIpc) is 2.72. The van der Waals surface area contributed by atoms with Crippen LogP contribution < -0.4 is 11.1 Å². The van der Waals surface area contributed by atoms with Crippen LogP contribution in [0, 0.1) is 6.92 Å². The number of aromatic nitrogens is 1. The molecule has 0 saturated heterocycles. The second-order valence-corrected chi connectivity index (χ2v) is 3.90. The molecule has 0 aromatic carbocycles. The molecule has 0 bridgehead atoms. The molecule has 1 amide bonds. The third-order valence-electron chi connectivity index (χ3n) is 2.40. The molecule has 0 spiro atoms. The van der Waals surface area contributed by atoms with Crippen LogP contribution in [0.2, 0.25) is 0 Å². The smallest absolute Gasteiger partial charge is 0.223 e. The zero-order chi connectivity index (χ0) is 12.8. The monoisotopic (exact) mass is 241 g/mol.